The van der Waals surface area contributed by atoms with Gasteiger partial charge in [0, 0.05) is 24.6 Å². The minimum Gasteiger partial charge on any atom is -0.383 e. The Balaban J connectivity index is 2.12. The van der Waals surface area contributed by atoms with E-state index in [9.17, 15) is 4.79 Å². The maximum atomic E-state index is 12.6. The highest BCUT2D eigenvalue weighted by Gasteiger charge is 2.15. The van der Waals surface area contributed by atoms with Crippen LogP contribution in [0.2, 0.25) is 5.02 Å². The molecule has 0 bridgehead atoms. The van der Waals surface area contributed by atoms with Gasteiger partial charge in [-0.15, -0.1) is 0 Å². The Morgan fingerprint density at radius 3 is 2.71 bits per heavy atom. The average molecular weight is 341 g/mol. The van der Waals surface area contributed by atoms with E-state index < -0.39 is 0 Å². The lowest BCUT2D eigenvalue weighted by molar-refractivity contribution is 0.0938. The Morgan fingerprint density at radius 1 is 1.17 bits per heavy atom. The van der Waals surface area contributed by atoms with Gasteiger partial charge in [-0.05, 0) is 12.1 Å². The number of hydrogen-bond donors (Lipinski definition) is 1. The van der Waals surface area contributed by atoms with Crippen molar-refractivity contribution in [3.8, 4) is 11.3 Å². The quantitative estimate of drug-likeness (QED) is 0.716. The van der Waals surface area contributed by atoms with Crippen molar-refractivity contribution < 1.29 is 9.53 Å². The van der Waals surface area contributed by atoms with Crippen molar-refractivity contribution in [1.82, 2.24) is 10.3 Å². The molecule has 5 heteroatoms. The van der Waals surface area contributed by atoms with Gasteiger partial charge < -0.3 is 10.1 Å². The highest BCUT2D eigenvalue weighted by molar-refractivity contribution is 6.35. The van der Waals surface area contributed by atoms with E-state index in [0.29, 0.717) is 34.9 Å². The first kappa shape index (κ1) is 16.4. The number of nitrogens with zero attached hydrogens (tertiary/aromatic N) is 1. The van der Waals surface area contributed by atoms with Crippen molar-refractivity contribution in [2.75, 3.05) is 20.3 Å². The monoisotopic (exact) mass is 340 g/mol. The first-order valence-corrected chi connectivity index (χ1v) is 8.00. The van der Waals surface area contributed by atoms with Crippen LogP contribution in [-0.4, -0.2) is 31.2 Å². The maximum absolute atomic E-state index is 12.6. The molecule has 1 aromatic heterocycles. The minimum atomic E-state index is -0.168. The number of hydrogen-bond acceptors (Lipinski definition) is 3. The lowest BCUT2D eigenvalue weighted by Gasteiger charge is -2.11. The molecule has 1 heterocycles. The molecule has 1 N–H and O–H groups in total. The molecule has 0 aliphatic rings. The second kappa shape index (κ2) is 7.43. The number of amides is 1. The van der Waals surface area contributed by atoms with Crippen LogP contribution in [0.4, 0.5) is 0 Å². The molecule has 3 aromatic rings. The molecule has 0 radical (unpaired) electrons. The predicted molar refractivity (Wildman–Crippen MR) is 96.4 cm³/mol. The highest BCUT2D eigenvalue weighted by Crippen LogP contribution is 2.29. The van der Waals surface area contributed by atoms with Crippen molar-refractivity contribution in [1.29, 1.82) is 0 Å². The molecule has 0 atom stereocenters. The number of methoxy groups -OCH3 is 1. The summed E-state index contributed by atoms with van der Waals surface area (Å²) >= 11 is 6.31. The standard InChI is InChI=1S/C19H17ClN2O2/c1-24-11-10-21-19(23)15-12-17(13-6-3-2-4-7-13)22-18-14(15)8-5-9-16(18)20/h2-9,12H,10-11H2,1H3,(H,21,23). The lowest BCUT2D eigenvalue weighted by Crippen LogP contribution is -2.27. The topological polar surface area (TPSA) is 51.2 Å². The van der Waals surface area contributed by atoms with Crippen LogP contribution in [0.3, 0.4) is 0 Å². The van der Waals surface area contributed by atoms with Gasteiger partial charge in [-0.2, -0.15) is 0 Å². The Bertz CT molecular complexity index is 866. The van der Waals surface area contributed by atoms with Gasteiger partial charge >= 0.3 is 0 Å². The van der Waals surface area contributed by atoms with E-state index in [1.54, 1.807) is 19.2 Å². The third kappa shape index (κ3) is 3.40. The van der Waals surface area contributed by atoms with Crippen LogP contribution < -0.4 is 5.32 Å². The summed E-state index contributed by atoms with van der Waals surface area (Å²) in [4.78, 5) is 17.2. The van der Waals surface area contributed by atoms with Crippen LogP contribution in [0.25, 0.3) is 22.2 Å². The molecular weight excluding hydrogens is 324 g/mol. The second-order valence-corrected chi connectivity index (χ2v) is 5.71. The molecule has 0 unspecified atom stereocenters. The summed E-state index contributed by atoms with van der Waals surface area (Å²) in [6, 6.07) is 17.0. The summed E-state index contributed by atoms with van der Waals surface area (Å²) in [5.74, 6) is -0.168. The van der Waals surface area contributed by atoms with E-state index in [1.165, 1.54) is 0 Å². The molecule has 1 amide bonds. The van der Waals surface area contributed by atoms with E-state index in [2.05, 4.69) is 10.3 Å². The van der Waals surface area contributed by atoms with Gasteiger partial charge in [0.2, 0.25) is 0 Å². The van der Waals surface area contributed by atoms with E-state index >= 15 is 0 Å². The van der Waals surface area contributed by atoms with Gasteiger partial charge in [0.15, 0.2) is 0 Å². The number of pyridine rings is 1. The van der Waals surface area contributed by atoms with Crippen LogP contribution in [-0.2, 0) is 4.74 Å². The normalized spacial score (nSPS) is 10.8. The third-order valence-corrected chi connectivity index (χ3v) is 4.00. The fraction of sp³-hybridized carbons (Fsp3) is 0.158. The van der Waals surface area contributed by atoms with Crippen LogP contribution >= 0.6 is 11.6 Å². The van der Waals surface area contributed by atoms with Gasteiger partial charge in [0.05, 0.1) is 28.4 Å². The number of carbonyl (C=O) groups is 1. The van der Waals surface area contributed by atoms with E-state index in [1.807, 2.05) is 42.5 Å². The summed E-state index contributed by atoms with van der Waals surface area (Å²) in [5, 5.41) is 4.11. The zero-order chi connectivity index (χ0) is 16.9. The van der Waals surface area contributed by atoms with Crippen molar-refractivity contribution in [3.05, 3.63) is 65.2 Å². The van der Waals surface area contributed by atoms with Gasteiger partial charge in [0.1, 0.15) is 0 Å². The van der Waals surface area contributed by atoms with Crippen LogP contribution in [0.1, 0.15) is 10.4 Å². The largest absolute Gasteiger partial charge is 0.383 e. The molecule has 0 fully saturated rings. The van der Waals surface area contributed by atoms with Gasteiger partial charge in [-0.1, -0.05) is 54.1 Å². The van der Waals surface area contributed by atoms with Crippen LogP contribution in [0.5, 0.6) is 0 Å². The number of aromatic nitrogens is 1. The van der Waals surface area contributed by atoms with E-state index in [0.717, 1.165) is 10.9 Å². The number of carbonyl (C=O) groups excluding carboxylic acids is 1. The van der Waals surface area contributed by atoms with Crippen molar-refractivity contribution >= 4 is 28.4 Å². The highest BCUT2D eigenvalue weighted by atomic mass is 35.5. The number of para-hydroxylation sites is 1. The molecule has 0 aliphatic heterocycles. The van der Waals surface area contributed by atoms with Crippen LogP contribution in [0, 0.1) is 0 Å². The van der Waals surface area contributed by atoms with Gasteiger partial charge in [0.25, 0.3) is 5.91 Å². The molecule has 0 aliphatic carbocycles. The summed E-state index contributed by atoms with van der Waals surface area (Å²) in [5.41, 5.74) is 2.83. The fourth-order valence-electron chi connectivity index (χ4n) is 2.52. The molecule has 2 aromatic carbocycles. The molecule has 4 nitrogen and oxygen atoms in total. The van der Waals surface area contributed by atoms with Crippen molar-refractivity contribution in [2.45, 2.75) is 0 Å². The first-order chi connectivity index (χ1) is 11.7. The Labute approximate surface area is 145 Å². The van der Waals surface area contributed by atoms with E-state index in [4.69, 9.17) is 16.3 Å². The van der Waals surface area contributed by atoms with Crippen LogP contribution in [0.15, 0.2) is 54.6 Å². The number of nitrogens with one attached hydrogen (secondary N) is 1. The zero-order valence-electron chi connectivity index (χ0n) is 13.3. The zero-order valence-corrected chi connectivity index (χ0v) is 14.0. The SMILES string of the molecule is COCCNC(=O)c1cc(-c2ccccc2)nc2c(Cl)cccc12. The number of halogens is 1. The lowest BCUT2D eigenvalue weighted by atomic mass is 10.0. The molecule has 0 saturated heterocycles. The summed E-state index contributed by atoms with van der Waals surface area (Å²) in [7, 11) is 1.60. The second-order valence-electron chi connectivity index (χ2n) is 5.31. The smallest absolute Gasteiger partial charge is 0.252 e. The number of fused-ring (bicyclic) bond motifs is 1. The summed E-state index contributed by atoms with van der Waals surface area (Å²) in [6.45, 7) is 0.904. The minimum absolute atomic E-state index is 0.168. The van der Waals surface area contributed by atoms with Gasteiger partial charge in [-0.3, -0.25) is 4.79 Å². The number of ether oxygens (including phenoxy) is 1. The third-order valence-electron chi connectivity index (χ3n) is 3.70. The van der Waals surface area contributed by atoms with Crippen molar-refractivity contribution in [3.63, 3.8) is 0 Å². The molecule has 0 saturated carbocycles. The molecule has 122 valence electrons. The maximum Gasteiger partial charge on any atom is 0.252 e. The molecule has 0 spiro atoms. The van der Waals surface area contributed by atoms with Crippen molar-refractivity contribution in [2.24, 2.45) is 0 Å². The first-order valence-electron chi connectivity index (χ1n) is 7.62. The Kier molecular flexibility index (Phi) is 5.08. The number of benzene rings is 2. The predicted octanol–water partition coefficient (Wildman–Crippen LogP) is 3.93. The average Bonchev–Trinajstić information content (AvgIpc) is 2.62. The fourth-order valence-corrected chi connectivity index (χ4v) is 2.74. The van der Waals surface area contributed by atoms with E-state index in [-0.39, 0.29) is 5.91 Å². The summed E-state index contributed by atoms with van der Waals surface area (Å²) in [6.07, 6.45) is 0. The number of rotatable bonds is 5. The molecular formula is C19H17ClN2O2. The molecule has 24 heavy (non-hydrogen) atoms. The Morgan fingerprint density at radius 2 is 1.96 bits per heavy atom. The summed E-state index contributed by atoms with van der Waals surface area (Å²) < 4.78 is 4.98. The van der Waals surface area contributed by atoms with Gasteiger partial charge in [-0.25, -0.2) is 4.98 Å². The Hall–Kier alpha value is -2.43. The molecule has 3 rings (SSSR count).